The molecule has 0 unspecified atom stereocenters. The fraction of sp³-hybridized carbons (Fsp3) is 0.333. The number of thiophene rings is 1. The second kappa shape index (κ2) is 5.99. The largest absolute Gasteiger partial charge is 1.00 e. The third-order valence-electron chi connectivity index (χ3n) is 2.97. The Morgan fingerprint density at radius 1 is 1.33 bits per heavy atom. The molecular formula is C12H10BrKN2OS. The van der Waals surface area contributed by atoms with Gasteiger partial charge in [0.1, 0.15) is 0 Å². The molecule has 2 aromatic heterocycles. The van der Waals surface area contributed by atoms with E-state index in [1.165, 1.54) is 4.88 Å². The van der Waals surface area contributed by atoms with Gasteiger partial charge in [-0.2, -0.15) is 0 Å². The molecule has 0 saturated carbocycles. The normalized spacial score (nSPS) is 13.2. The molecule has 1 aliphatic carbocycles. The predicted octanol–water partition coefficient (Wildman–Crippen LogP) is -0.158. The Balaban J connectivity index is 0.00000120. The Hall–Kier alpha value is 0.696. The number of aryl methyl sites for hydroxylation is 2. The van der Waals surface area contributed by atoms with Crippen LogP contribution in [0.4, 0.5) is 0 Å². The van der Waals surface area contributed by atoms with Crippen molar-refractivity contribution in [2.75, 3.05) is 0 Å². The van der Waals surface area contributed by atoms with E-state index >= 15 is 0 Å². The molecule has 0 radical (unpaired) electrons. The number of halogens is 1. The summed E-state index contributed by atoms with van der Waals surface area (Å²) < 4.78 is 1.05. The molecule has 0 amide bonds. The van der Waals surface area contributed by atoms with Crippen LogP contribution < -0.4 is 56.5 Å². The molecule has 0 spiro atoms. The zero-order chi connectivity index (χ0) is 12.0. The summed E-state index contributed by atoms with van der Waals surface area (Å²) in [6.45, 7) is 2.03. The molecule has 6 heteroatoms. The van der Waals surface area contributed by atoms with Crippen LogP contribution in [0, 0.1) is 6.92 Å². The molecule has 0 fully saturated rings. The molecule has 3 nitrogen and oxygen atoms in total. The number of hydrogen-bond acceptors (Lipinski definition) is 4. The summed E-state index contributed by atoms with van der Waals surface area (Å²) in [6, 6.07) is 1.98. The van der Waals surface area contributed by atoms with Crippen LogP contribution >= 0.6 is 27.3 Å². The third-order valence-corrected chi connectivity index (χ3v) is 5.11. The van der Waals surface area contributed by atoms with E-state index in [0.717, 1.165) is 39.9 Å². The fourth-order valence-electron chi connectivity index (χ4n) is 2.08. The second-order valence-corrected chi connectivity index (χ2v) is 6.26. The topological polar surface area (TPSA) is 48.8 Å². The maximum atomic E-state index is 11.8. The van der Waals surface area contributed by atoms with Gasteiger partial charge >= 0.3 is 51.4 Å². The van der Waals surface area contributed by atoms with Crippen molar-refractivity contribution in [3.8, 4) is 16.6 Å². The number of fused-ring (bicyclic) bond motifs is 1. The van der Waals surface area contributed by atoms with Crippen LogP contribution in [-0.4, -0.2) is 9.97 Å². The van der Waals surface area contributed by atoms with Gasteiger partial charge < -0.3 is 5.11 Å². The maximum absolute atomic E-state index is 11.8. The standard InChI is InChI=1S/C12H11BrN2OS.K/c1-6-8(13)5-10(17-6)11-14-9-4-2-3-7(9)12(16)15-11;/h5H,2-4H2,1H3,(H,14,15,16);/q;+1/p-1. The Morgan fingerprint density at radius 2 is 2.11 bits per heavy atom. The summed E-state index contributed by atoms with van der Waals surface area (Å²) >= 11 is 5.08. The first-order chi connectivity index (χ1) is 8.15. The van der Waals surface area contributed by atoms with E-state index in [9.17, 15) is 5.11 Å². The van der Waals surface area contributed by atoms with E-state index < -0.39 is 0 Å². The minimum Gasteiger partial charge on any atom is -0.858 e. The zero-order valence-corrected chi connectivity index (χ0v) is 15.8. The van der Waals surface area contributed by atoms with E-state index in [-0.39, 0.29) is 57.3 Å². The average Bonchev–Trinajstić information content (AvgIpc) is 2.87. The summed E-state index contributed by atoms with van der Waals surface area (Å²) in [5.41, 5.74) is 1.77. The van der Waals surface area contributed by atoms with Crippen LogP contribution in [0.2, 0.25) is 0 Å². The molecule has 0 atom stereocenters. The molecule has 2 aromatic rings. The van der Waals surface area contributed by atoms with Crippen LogP contribution in [0.5, 0.6) is 5.88 Å². The SMILES string of the molecule is Cc1sc(-c2nc([O-])c3c(n2)CCC3)cc1Br.[K+]. The first-order valence-electron chi connectivity index (χ1n) is 5.48. The van der Waals surface area contributed by atoms with Crippen molar-refractivity contribution in [1.29, 1.82) is 0 Å². The third kappa shape index (κ3) is 2.75. The van der Waals surface area contributed by atoms with E-state index in [1.807, 2.05) is 13.0 Å². The van der Waals surface area contributed by atoms with Crippen molar-refractivity contribution in [2.24, 2.45) is 0 Å². The maximum Gasteiger partial charge on any atom is 1.00 e. The van der Waals surface area contributed by atoms with Crippen LogP contribution in [0.3, 0.4) is 0 Å². The first kappa shape index (κ1) is 15.1. The van der Waals surface area contributed by atoms with Crippen molar-refractivity contribution >= 4 is 27.3 Å². The van der Waals surface area contributed by atoms with Gasteiger partial charge in [-0.1, -0.05) is 0 Å². The smallest absolute Gasteiger partial charge is 0.858 e. The Kier molecular flexibility index (Phi) is 5.02. The molecule has 3 rings (SSSR count). The average molecular weight is 349 g/mol. The van der Waals surface area contributed by atoms with Gasteiger partial charge in [-0.15, -0.1) is 11.3 Å². The van der Waals surface area contributed by atoms with Crippen LogP contribution in [0.25, 0.3) is 10.7 Å². The van der Waals surface area contributed by atoms with Crippen LogP contribution in [-0.2, 0) is 12.8 Å². The quantitative estimate of drug-likeness (QED) is 0.673. The fourth-order valence-corrected chi connectivity index (χ4v) is 3.55. The molecular weight excluding hydrogens is 339 g/mol. The second-order valence-electron chi connectivity index (χ2n) is 4.15. The number of hydrogen-bond donors (Lipinski definition) is 0. The molecule has 0 aliphatic heterocycles. The molecule has 0 saturated heterocycles. The van der Waals surface area contributed by atoms with E-state index in [4.69, 9.17) is 0 Å². The van der Waals surface area contributed by atoms with Crippen molar-refractivity contribution in [1.82, 2.24) is 9.97 Å². The summed E-state index contributed by atoms with van der Waals surface area (Å²) in [5, 5.41) is 11.8. The van der Waals surface area contributed by atoms with Crippen LogP contribution in [0.1, 0.15) is 22.6 Å². The van der Waals surface area contributed by atoms with Gasteiger partial charge in [-0.25, -0.2) is 9.97 Å². The molecule has 18 heavy (non-hydrogen) atoms. The molecule has 0 aromatic carbocycles. The summed E-state index contributed by atoms with van der Waals surface area (Å²) in [5.74, 6) is 0.485. The summed E-state index contributed by atoms with van der Waals surface area (Å²) in [7, 11) is 0. The van der Waals surface area contributed by atoms with Gasteiger partial charge in [0, 0.05) is 15.0 Å². The monoisotopic (exact) mass is 348 g/mol. The zero-order valence-electron chi connectivity index (χ0n) is 10.3. The number of aromatic nitrogens is 2. The van der Waals surface area contributed by atoms with Gasteiger partial charge in [-0.3, -0.25) is 0 Å². The van der Waals surface area contributed by atoms with Gasteiger partial charge in [0.25, 0.3) is 0 Å². The Morgan fingerprint density at radius 3 is 2.78 bits per heavy atom. The molecule has 2 heterocycles. The minimum absolute atomic E-state index is 0. The van der Waals surface area contributed by atoms with Crippen molar-refractivity contribution in [3.63, 3.8) is 0 Å². The summed E-state index contributed by atoms with van der Waals surface area (Å²) in [4.78, 5) is 10.7. The van der Waals surface area contributed by atoms with Gasteiger partial charge in [0.05, 0.1) is 4.88 Å². The molecule has 1 aliphatic rings. The van der Waals surface area contributed by atoms with Crippen LogP contribution in [0.15, 0.2) is 10.5 Å². The van der Waals surface area contributed by atoms with Crippen molar-refractivity contribution < 1.29 is 56.5 Å². The van der Waals surface area contributed by atoms with E-state index in [2.05, 4.69) is 25.9 Å². The Labute approximate surface area is 161 Å². The summed E-state index contributed by atoms with van der Waals surface area (Å²) in [6.07, 6.45) is 2.77. The van der Waals surface area contributed by atoms with Crippen molar-refractivity contribution in [2.45, 2.75) is 26.2 Å². The molecule has 0 N–H and O–H groups in total. The van der Waals surface area contributed by atoms with E-state index in [1.54, 1.807) is 11.3 Å². The van der Waals surface area contributed by atoms with Gasteiger partial charge in [-0.05, 0) is 59.6 Å². The minimum atomic E-state index is -0.0929. The predicted molar refractivity (Wildman–Crippen MR) is 69.3 cm³/mol. The van der Waals surface area contributed by atoms with Crippen molar-refractivity contribution in [3.05, 3.63) is 26.7 Å². The number of rotatable bonds is 1. The van der Waals surface area contributed by atoms with Gasteiger partial charge in [0.15, 0.2) is 5.82 Å². The molecule has 0 bridgehead atoms. The van der Waals surface area contributed by atoms with Gasteiger partial charge in [0.2, 0.25) is 0 Å². The first-order valence-corrected chi connectivity index (χ1v) is 7.09. The number of nitrogens with zero attached hydrogens (tertiary/aromatic N) is 2. The Bertz CT molecular complexity index is 581. The van der Waals surface area contributed by atoms with E-state index in [0.29, 0.717) is 5.82 Å². The molecule has 88 valence electrons.